The number of hydrogen-bond donors (Lipinski definition) is 4. The Kier molecular flexibility index (Phi) is 8.94. The summed E-state index contributed by atoms with van der Waals surface area (Å²) in [5, 5.41) is 12.9. The summed E-state index contributed by atoms with van der Waals surface area (Å²) in [6, 6.07) is 42.2. The lowest BCUT2D eigenvalue weighted by molar-refractivity contribution is 0.0932. The monoisotopic (exact) mass is 554 g/mol. The van der Waals surface area contributed by atoms with Crippen LogP contribution in [0.25, 0.3) is 0 Å². The molecule has 0 fully saturated rings. The molecule has 0 aromatic heterocycles. The first kappa shape index (κ1) is 28.2. The average molecular weight is 555 g/mol. The standard InChI is InChI=1S/C36H34N4O2/c1-25(27-13-5-3-6-14-27)37-35(41)31-17-9-11-19-33(31)39-29-21-23-30(24-22-29)40-34-20-12-10-18-32(34)36(42)38-26(2)28-15-7-4-8-16-28/h3-26,39-40H,1-2H3,(H,37,41)(H,38,42)/t25-,26-/m1/s1. The summed E-state index contributed by atoms with van der Waals surface area (Å²) in [5.74, 6) is -0.298. The van der Waals surface area contributed by atoms with Gasteiger partial charge in [-0.3, -0.25) is 9.59 Å². The quantitative estimate of drug-likeness (QED) is 0.140. The normalized spacial score (nSPS) is 12.0. The Labute approximate surface area is 246 Å². The second-order valence-corrected chi connectivity index (χ2v) is 10.1. The molecule has 0 radical (unpaired) electrons. The SMILES string of the molecule is C[C@@H](NC(=O)c1ccccc1Nc1ccc(Nc2ccccc2C(=O)N[C@H](C)c2ccccc2)cc1)c1ccccc1. The minimum Gasteiger partial charge on any atom is -0.355 e. The zero-order chi connectivity index (χ0) is 29.3. The van der Waals surface area contributed by atoms with Gasteiger partial charge in [-0.05, 0) is 73.5 Å². The Morgan fingerprint density at radius 3 is 1.17 bits per heavy atom. The van der Waals surface area contributed by atoms with Gasteiger partial charge in [0.1, 0.15) is 0 Å². The molecule has 0 aliphatic rings. The van der Waals surface area contributed by atoms with Crippen molar-refractivity contribution in [3.8, 4) is 0 Å². The third-order valence-electron chi connectivity index (χ3n) is 7.08. The van der Waals surface area contributed by atoms with E-state index in [2.05, 4.69) is 21.3 Å². The maximum atomic E-state index is 13.1. The Balaban J connectivity index is 1.25. The lowest BCUT2D eigenvalue weighted by Gasteiger charge is -2.18. The summed E-state index contributed by atoms with van der Waals surface area (Å²) >= 11 is 0. The van der Waals surface area contributed by atoms with E-state index in [1.54, 1.807) is 0 Å². The molecule has 42 heavy (non-hydrogen) atoms. The van der Waals surface area contributed by atoms with Gasteiger partial charge in [0.05, 0.1) is 34.6 Å². The summed E-state index contributed by atoms with van der Waals surface area (Å²) in [7, 11) is 0. The second-order valence-electron chi connectivity index (χ2n) is 10.1. The van der Waals surface area contributed by atoms with E-state index in [1.807, 2.05) is 147 Å². The van der Waals surface area contributed by atoms with Gasteiger partial charge in [0.2, 0.25) is 0 Å². The highest BCUT2D eigenvalue weighted by molar-refractivity contribution is 6.01. The zero-order valence-electron chi connectivity index (χ0n) is 23.7. The molecular weight excluding hydrogens is 520 g/mol. The maximum absolute atomic E-state index is 13.1. The van der Waals surface area contributed by atoms with E-state index < -0.39 is 0 Å². The number of carbonyl (C=O) groups excluding carboxylic acids is 2. The van der Waals surface area contributed by atoms with E-state index in [0.29, 0.717) is 22.5 Å². The van der Waals surface area contributed by atoms with E-state index in [4.69, 9.17) is 0 Å². The Morgan fingerprint density at radius 2 is 0.786 bits per heavy atom. The number of carbonyl (C=O) groups is 2. The summed E-state index contributed by atoms with van der Waals surface area (Å²) in [6.07, 6.45) is 0. The maximum Gasteiger partial charge on any atom is 0.253 e. The predicted octanol–water partition coefficient (Wildman–Crippen LogP) is 8.16. The molecule has 0 aliphatic heterocycles. The number of hydrogen-bond acceptors (Lipinski definition) is 4. The largest absolute Gasteiger partial charge is 0.355 e. The molecule has 6 heteroatoms. The van der Waals surface area contributed by atoms with Gasteiger partial charge in [-0.15, -0.1) is 0 Å². The van der Waals surface area contributed by atoms with Crippen LogP contribution in [0.4, 0.5) is 22.7 Å². The van der Waals surface area contributed by atoms with Gasteiger partial charge in [-0.25, -0.2) is 0 Å². The minimum absolute atomic E-state index is 0.122. The molecule has 5 aromatic carbocycles. The van der Waals surface area contributed by atoms with E-state index in [1.165, 1.54) is 0 Å². The molecule has 4 N–H and O–H groups in total. The van der Waals surface area contributed by atoms with Crippen LogP contribution in [0, 0.1) is 0 Å². The molecule has 2 atom stereocenters. The van der Waals surface area contributed by atoms with E-state index in [0.717, 1.165) is 22.5 Å². The fourth-order valence-corrected chi connectivity index (χ4v) is 4.73. The third kappa shape index (κ3) is 7.04. The molecule has 5 rings (SSSR count). The van der Waals surface area contributed by atoms with Crippen molar-refractivity contribution < 1.29 is 9.59 Å². The summed E-state index contributed by atoms with van der Waals surface area (Å²) < 4.78 is 0. The Hall–Kier alpha value is -5.36. The highest BCUT2D eigenvalue weighted by Gasteiger charge is 2.16. The highest BCUT2D eigenvalue weighted by atomic mass is 16.2. The topological polar surface area (TPSA) is 82.3 Å². The van der Waals surface area contributed by atoms with Crippen molar-refractivity contribution in [1.29, 1.82) is 0 Å². The number of rotatable bonds is 10. The number of nitrogens with one attached hydrogen (secondary N) is 4. The molecule has 0 heterocycles. The summed E-state index contributed by atoms with van der Waals surface area (Å²) in [4.78, 5) is 26.3. The van der Waals surface area contributed by atoms with Gasteiger partial charge in [0, 0.05) is 11.4 Å². The lowest BCUT2D eigenvalue weighted by atomic mass is 10.1. The van der Waals surface area contributed by atoms with Crippen LogP contribution in [0.2, 0.25) is 0 Å². The molecular formula is C36H34N4O2. The van der Waals surface area contributed by atoms with Crippen LogP contribution >= 0.6 is 0 Å². The lowest BCUT2D eigenvalue weighted by Crippen LogP contribution is -2.27. The number of amides is 2. The zero-order valence-corrected chi connectivity index (χ0v) is 23.7. The summed E-state index contributed by atoms with van der Waals surface area (Å²) in [5.41, 5.74) is 6.31. The molecule has 0 saturated heterocycles. The van der Waals surface area contributed by atoms with E-state index >= 15 is 0 Å². The first-order valence-electron chi connectivity index (χ1n) is 14.0. The third-order valence-corrected chi connectivity index (χ3v) is 7.08. The first-order chi connectivity index (χ1) is 20.5. The van der Waals surface area contributed by atoms with Crippen LogP contribution in [0.15, 0.2) is 133 Å². The fourth-order valence-electron chi connectivity index (χ4n) is 4.73. The molecule has 6 nitrogen and oxygen atoms in total. The average Bonchev–Trinajstić information content (AvgIpc) is 3.03. The predicted molar refractivity (Wildman–Crippen MR) is 171 cm³/mol. The number of anilines is 4. The smallest absolute Gasteiger partial charge is 0.253 e. The van der Waals surface area contributed by atoms with Crippen molar-refractivity contribution in [2.75, 3.05) is 10.6 Å². The molecule has 5 aromatic rings. The van der Waals surface area contributed by atoms with E-state index in [9.17, 15) is 9.59 Å². The van der Waals surface area contributed by atoms with Crippen molar-refractivity contribution in [1.82, 2.24) is 10.6 Å². The van der Waals surface area contributed by atoms with Crippen molar-refractivity contribution in [2.45, 2.75) is 25.9 Å². The number of para-hydroxylation sites is 2. The van der Waals surface area contributed by atoms with Gasteiger partial charge in [0.25, 0.3) is 11.8 Å². The highest BCUT2D eigenvalue weighted by Crippen LogP contribution is 2.26. The van der Waals surface area contributed by atoms with Crippen molar-refractivity contribution in [2.24, 2.45) is 0 Å². The molecule has 0 bridgehead atoms. The second kappa shape index (κ2) is 13.3. The molecule has 0 spiro atoms. The van der Waals surface area contributed by atoms with Crippen molar-refractivity contribution in [3.63, 3.8) is 0 Å². The van der Waals surface area contributed by atoms with Crippen LogP contribution in [0.3, 0.4) is 0 Å². The molecule has 0 unspecified atom stereocenters. The van der Waals surface area contributed by atoms with Gasteiger partial charge in [-0.1, -0.05) is 84.9 Å². The van der Waals surface area contributed by atoms with E-state index in [-0.39, 0.29) is 23.9 Å². The van der Waals surface area contributed by atoms with Gasteiger partial charge >= 0.3 is 0 Å². The molecule has 2 amide bonds. The van der Waals surface area contributed by atoms with Crippen LogP contribution in [-0.4, -0.2) is 11.8 Å². The molecule has 0 saturated carbocycles. The first-order valence-corrected chi connectivity index (χ1v) is 14.0. The van der Waals surface area contributed by atoms with Crippen molar-refractivity contribution in [3.05, 3.63) is 156 Å². The van der Waals surface area contributed by atoms with Gasteiger partial charge in [0.15, 0.2) is 0 Å². The minimum atomic E-state index is -0.149. The number of benzene rings is 5. The molecule has 0 aliphatic carbocycles. The Bertz CT molecular complexity index is 1510. The van der Waals surface area contributed by atoms with Crippen LogP contribution in [-0.2, 0) is 0 Å². The van der Waals surface area contributed by atoms with Gasteiger partial charge < -0.3 is 21.3 Å². The Morgan fingerprint density at radius 1 is 0.452 bits per heavy atom. The van der Waals surface area contributed by atoms with Gasteiger partial charge in [-0.2, -0.15) is 0 Å². The molecule has 210 valence electrons. The van der Waals surface area contributed by atoms with Crippen LogP contribution in [0.1, 0.15) is 57.8 Å². The fraction of sp³-hybridized carbons (Fsp3) is 0.111. The summed E-state index contributed by atoms with van der Waals surface area (Å²) in [6.45, 7) is 3.95. The van der Waals surface area contributed by atoms with Crippen LogP contribution in [0.5, 0.6) is 0 Å². The van der Waals surface area contributed by atoms with Crippen LogP contribution < -0.4 is 21.3 Å². The van der Waals surface area contributed by atoms with Crippen molar-refractivity contribution >= 4 is 34.6 Å².